The van der Waals surface area contributed by atoms with Gasteiger partial charge in [-0.2, -0.15) is 0 Å². The van der Waals surface area contributed by atoms with Crippen LogP contribution in [0.3, 0.4) is 0 Å². The Morgan fingerprint density at radius 3 is 0.963 bits per heavy atom. The van der Waals surface area contributed by atoms with Gasteiger partial charge in [0.25, 0.3) is 0 Å². The summed E-state index contributed by atoms with van der Waals surface area (Å²) >= 11 is 0. The van der Waals surface area contributed by atoms with E-state index < -0.39 is 0 Å². The molecule has 0 spiro atoms. The maximum absolute atomic E-state index is 10.6. The first-order chi connectivity index (χ1) is 45.0. The third kappa shape index (κ3) is 175. The second-order valence-corrected chi connectivity index (χ2v) is 21.1. The lowest BCUT2D eigenvalue weighted by atomic mass is 9.91. The van der Waals surface area contributed by atoms with E-state index in [0.717, 1.165) is 54.7 Å². The highest BCUT2D eigenvalue weighted by Gasteiger charge is 2.06. The van der Waals surface area contributed by atoms with Gasteiger partial charge in [-0.05, 0) is 105 Å². The Bertz CT molecular complexity index is 2190. The molecule has 1 aliphatic carbocycles. The number of ketones is 5. The van der Waals surface area contributed by atoms with Crippen LogP contribution in [0.15, 0.2) is 204 Å². The summed E-state index contributed by atoms with van der Waals surface area (Å²) in [6, 6.07) is 28.2. The maximum Gasteiger partial charge on any atom is 0.302 e. The van der Waals surface area contributed by atoms with Gasteiger partial charge in [0.1, 0.15) is 18.2 Å². The van der Waals surface area contributed by atoms with E-state index in [1.54, 1.807) is 65.0 Å². The predicted molar refractivity (Wildman–Crippen MR) is 492 cm³/mol. The zero-order valence-electron chi connectivity index (χ0n) is 63.3. The van der Waals surface area contributed by atoms with Gasteiger partial charge in [0.15, 0.2) is 17.3 Å². The van der Waals surface area contributed by atoms with E-state index in [1.165, 1.54) is 64.0 Å². The fourth-order valence-corrected chi connectivity index (χ4v) is 5.12. The Balaban J connectivity index is -0.0000000365. The molecule has 2 N–H and O–H groups in total. The minimum absolute atomic E-state index is 0. The van der Waals surface area contributed by atoms with Crippen LogP contribution in [0.25, 0.3) is 0 Å². The van der Waals surface area contributed by atoms with Gasteiger partial charge < -0.3 is 34.0 Å². The van der Waals surface area contributed by atoms with Crippen molar-refractivity contribution in [2.75, 3.05) is 39.6 Å². The van der Waals surface area contributed by atoms with Crippen LogP contribution in [0.1, 0.15) is 330 Å². The van der Waals surface area contributed by atoms with Gasteiger partial charge in [-0.1, -0.05) is 342 Å². The molecular formula is C95H186O12. The Labute approximate surface area is 671 Å². The lowest BCUT2D eigenvalue weighted by molar-refractivity contribution is -0.139. The third-order valence-corrected chi connectivity index (χ3v) is 11.1. The molecule has 0 aliphatic heterocycles. The standard InChI is InChI=1S/C10H18O2.C9H12O.2C8H8O.C7H14O2.C7H14.C5H8O2.2C5H8O.C5H10.C4H8O.C4H8.C3H8.C3H6.12CH4/c1-4-7-11-9-10(6-3)12-8-5-2;1-2-9(10)8-6-4-3-5-7-8;2*1-7(9)8-5-3-2-4-6-8;1-3-5-9-6-7(8)4-2;1-7-5-3-2-4-6-7;1-3-4-7-5(2)6;1-4(2)5(3)6;1-3-4-5(2)6;1-4-5(2)3;1-3-4(2)5;1-3-4-2;2*1-3-2;;;;;;;;;;;;/h4-5,10H,1-2,6-9H2,3H3;3-7,9-10H,2H2,1H3;2*2-6H,1H3;3,7-8H,1,4-6H2,2H3;7H,2-6H2,1H3;3H,1,4H2,2H3;1H2,2-3H3;3H,1,4H2,2H3;2,4H2,1,3H3;3H2,1-2H3;3H,1,4H2,2H3;3H2,1-2H3;3H,1H2,2H3;12*1H4. The molecule has 1 aliphatic rings. The van der Waals surface area contributed by atoms with Gasteiger partial charge in [-0.3, -0.25) is 24.0 Å². The minimum atomic E-state index is -0.315. The molecule has 12 heteroatoms. The number of Topliss-reactive ketones (excluding diaryl/α,β-unsaturated/α-hetero) is 5. The fraction of sp³-hybridized carbons (Fsp3) is 0.558. The van der Waals surface area contributed by atoms with E-state index in [0.29, 0.717) is 58.1 Å². The Hall–Kier alpha value is -7.06. The number of benzene rings is 3. The highest BCUT2D eigenvalue weighted by Crippen LogP contribution is 2.22. The highest BCUT2D eigenvalue weighted by atomic mass is 16.5. The second kappa shape index (κ2) is 138. The van der Waals surface area contributed by atoms with E-state index in [-0.39, 0.29) is 142 Å². The molecule has 3 aromatic carbocycles. The van der Waals surface area contributed by atoms with Crippen LogP contribution in [0, 0.1) is 5.92 Å². The lowest BCUT2D eigenvalue weighted by Gasteiger charge is -2.15. The zero-order chi connectivity index (χ0) is 75.5. The smallest absolute Gasteiger partial charge is 0.302 e. The number of allylic oxidation sites excluding steroid dienone is 5. The summed E-state index contributed by atoms with van der Waals surface area (Å²) in [7, 11) is 0. The molecule has 0 radical (unpaired) electrons. The van der Waals surface area contributed by atoms with Crippen molar-refractivity contribution in [2.24, 2.45) is 5.92 Å². The van der Waals surface area contributed by atoms with Gasteiger partial charge in [0, 0.05) is 30.9 Å². The van der Waals surface area contributed by atoms with Crippen LogP contribution in [-0.4, -0.2) is 96.9 Å². The fourth-order valence-electron chi connectivity index (χ4n) is 5.12. The summed E-state index contributed by atoms with van der Waals surface area (Å²) in [5, 5.41) is 18.3. The maximum atomic E-state index is 10.6. The van der Waals surface area contributed by atoms with Crippen LogP contribution in [0.4, 0.5) is 0 Å². The molecule has 1 saturated carbocycles. The van der Waals surface area contributed by atoms with Gasteiger partial charge in [0.2, 0.25) is 0 Å². The number of aliphatic hydroxyl groups is 2. The average molecular weight is 1520 g/mol. The molecule has 0 bridgehead atoms. The van der Waals surface area contributed by atoms with Crippen LogP contribution in [0.5, 0.6) is 0 Å². The second-order valence-electron chi connectivity index (χ2n) is 21.1. The van der Waals surface area contributed by atoms with Crippen LogP contribution in [0.2, 0.25) is 0 Å². The largest absolute Gasteiger partial charge is 0.462 e. The van der Waals surface area contributed by atoms with Crippen LogP contribution in [-0.2, 0) is 38.1 Å². The van der Waals surface area contributed by atoms with Crippen molar-refractivity contribution in [3.05, 3.63) is 221 Å². The molecule has 107 heavy (non-hydrogen) atoms. The van der Waals surface area contributed by atoms with E-state index in [9.17, 15) is 33.9 Å². The summed E-state index contributed by atoms with van der Waals surface area (Å²) in [6.45, 7) is 67.7. The summed E-state index contributed by atoms with van der Waals surface area (Å²) in [5.74, 6) is 1.50. The quantitative estimate of drug-likeness (QED) is 0.0270. The van der Waals surface area contributed by atoms with Crippen molar-refractivity contribution in [1.29, 1.82) is 0 Å². The number of hydrogen-bond acceptors (Lipinski definition) is 12. The molecule has 638 valence electrons. The number of rotatable bonds is 25. The van der Waals surface area contributed by atoms with E-state index in [2.05, 4.69) is 105 Å². The first-order valence-electron chi connectivity index (χ1n) is 33.4. The molecule has 3 atom stereocenters. The van der Waals surface area contributed by atoms with Crippen LogP contribution >= 0.6 is 0 Å². The Morgan fingerprint density at radius 1 is 0.467 bits per heavy atom. The van der Waals surface area contributed by atoms with Crippen molar-refractivity contribution in [2.45, 2.75) is 316 Å². The SMILES string of the molecule is C.C.C.C.C.C.C.C.C.C.C.C.C=C(C)C(C)=O.C=C(C)CC.C=CC.C=CCC.C=CCC(C)=O.C=CCOC(C)=O.C=CCOCC(CC)OCC=C.C=CCOCC(O)CC.CC(=O)c1ccccc1.CC(=O)c1ccccc1.CC1CCCCC1.CCC.CCC(C)=O.CCC(O)c1ccccc1. The molecule has 0 heterocycles. The number of aliphatic hydroxyl groups excluding tert-OH is 2. The van der Waals surface area contributed by atoms with Gasteiger partial charge in [-0.25, -0.2) is 0 Å². The summed E-state index contributed by atoms with van der Waals surface area (Å²) < 4.78 is 20.1. The molecule has 0 amide bonds. The molecule has 12 nitrogen and oxygen atoms in total. The molecule has 4 rings (SSSR count). The third-order valence-electron chi connectivity index (χ3n) is 11.1. The van der Waals surface area contributed by atoms with E-state index >= 15 is 0 Å². The molecule has 3 unspecified atom stereocenters. The first-order valence-corrected chi connectivity index (χ1v) is 33.4. The topological polar surface area (TPSA) is 180 Å². The van der Waals surface area contributed by atoms with Crippen molar-refractivity contribution in [3.63, 3.8) is 0 Å². The molecule has 1 fully saturated rings. The number of carbonyl (C=O) groups is 6. The zero-order valence-corrected chi connectivity index (χ0v) is 63.3. The molecule has 3 aromatic rings. The molecular weight excluding hydrogens is 1330 g/mol. The number of carbonyl (C=O) groups excluding carboxylic acids is 6. The lowest BCUT2D eigenvalue weighted by Crippen LogP contribution is -2.19. The monoisotopic (exact) mass is 1520 g/mol. The highest BCUT2D eigenvalue weighted by molar-refractivity contribution is 5.94. The van der Waals surface area contributed by atoms with Crippen LogP contribution < -0.4 is 0 Å². The van der Waals surface area contributed by atoms with Crippen molar-refractivity contribution >= 4 is 34.9 Å². The summed E-state index contributed by atoms with van der Waals surface area (Å²) in [5.41, 5.74) is 4.43. The van der Waals surface area contributed by atoms with E-state index in [1.807, 2.05) is 132 Å². The Morgan fingerprint density at radius 2 is 0.785 bits per heavy atom. The van der Waals surface area contributed by atoms with Crippen molar-refractivity contribution < 1.29 is 57.9 Å². The molecule has 0 aromatic heterocycles. The number of esters is 1. The van der Waals surface area contributed by atoms with Gasteiger partial charge >= 0.3 is 5.97 Å². The van der Waals surface area contributed by atoms with Crippen molar-refractivity contribution in [1.82, 2.24) is 0 Å². The van der Waals surface area contributed by atoms with Gasteiger partial charge in [-0.15, -0.1) is 46.1 Å². The summed E-state index contributed by atoms with van der Waals surface area (Å²) in [6.07, 6.45) is 26.0. The Kier molecular flexibility index (Phi) is 208. The molecule has 0 saturated heterocycles. The minimum Gasteiger partial charge on any atom is -0.462 e. The first kappa shape index (κ1) is 161. The van der Waals surface area contributed by atoms with E-state index in [4.69, 9.17) is 19.3 Å². The summed E-state index contributed by atoms with van der Waals surface area (Å²) in [4.78, 5) is 61.1. The number of ether oxygens (including phenoxy) is 4. The normalized spacial score (nSPS) is 9.46. The van der Waals surface area contributed by atoms with Crippen molar-refractivity contribution in [3.8, 4) is 0 Å². The average Bonchev–Trinajstić information content (AvgIpc) is 0.951. The predicted octanol–water partition coefficient (Wildman–Crippen LogP) is 29.4. The number of hydrogen-bond donors (Lipinski definition) is 2. The van der Waals surface area contributed by atoms with Gasteiger partial charge in [0.05, 0.1) is 51.3 Å².